The maximum atomic E-state index is 11.9. The van der Waals surface area contributed by atoms with Crippen LogP contribution in [0.3, 0.4) is 0 Å². The fourth-order valence-electron chi connectivity index (χ4n) is 0.886. The molecule has 0 radical (unpaired) electrons. The summed E-state index contributed by atoms with van der Waals surface area (Å²) in [6.45, 7) is 2.11. The van der Waals surface area contributed by atoms with Crippen molar-refractivity contribution in [3.63, 3.8) is 0 Å². The van der Waals surface area contributed by atoms with Gasteiger partial charge in [0.05, 0.1) is 6.04 Å². The average molecular weight is 212 g/mol. The van der Waals surface area contributed by atoms with Gasteiger partial charge in [0.1, 0.15) is 6.54 Å². The smallest absolute Gasteiger partial charge is 0.335 e. The zero-order chi connectivity index (χ0) is 11.5. The van der Waals surface area contributed by atoms with Crippen LogP contribution in [0, 0.1) is 5.92 Å². The Labute approximate surface area is 81.1 Å². The topological polar surface area (TPSA) is 46.3 Å². The quantitative estimate of drug-likeness (QED) is 0.758. The summed E-state index contributed by atoms with van der Waals surface area (Å²) in [6, 6.07) is -0.873. The molecule has 0 aromatic heterocycles. The van der Waals surface area contributed by atoms with E-state index in [1.807, 2.05) is 0 Å². The Morgan fingerprint density at radius 1 is 1.43 bits per heavy atom. The van der Waals surface area contributed by atoms with Crippen molar-refractivity contribution in [3.05, 3.63) is 0 Å². The van der Waals surface area contributed by atoms with Gasteiger partial charge in [-0.2, -0.15) is 13.2 Å². The lowest BCUT2D eigenvalue weighted by Gasteiger charge is -2.24. The highest BCUT2D eigenvalue weighted by molar-refractivity contribution is 5.81. The highest BCUT2D eigenvalue weighted by Gasteiger charge is 2.33. The van der Waals surface area contributed by atoms with E-state index in [1.54, 1.807) is 13.8 Å². The van der Waals surface area contributed by atoms with Gasteiger partial charge in [-0.05, 0) is 5.92 Å². The van der Waals surface area contributed by atoms with Gasteiger partial charge in [0.25, 0.3) is 0 Å². The van der Waals surface area contributed by atoms with Crippen LogP contribution in [0.2, 0.25) is 0 Å². The molecular weight excluding hydrogens is 197 g/mol. The molecule has 84 valence electrons. The van der Waals surface area contributed by atoms with Gasteiger partial charge in [-0.25, -0.2) is 0 Å². The number of hydrogen-bond donors (Lipinski definition) is 1. The van der Waals surface area contributed by atoms with E-state index in [1.165, 1.54) is 0 Å². The highest BCUT2D eigenvalue weighted by atomic mass is 19.4. The molecule has 0 heterocycles. The Kier molecular flexibility index (Phi) is 4.38. The third kappa shape index (κ3) is 4.45. The second kappa shape index (κ2) is 4.63. The third-order valence-electron chi connectivity index (χ3n) is 1.80. The second-order valence-electron chi connectivity index (χ2n) is 3.58. The third-order valence-corrected chi connectivity index (χ3v) is 1.80. The first-order valence-corrected chi connectivity index (χ1v) is 4.22. The molecule has 0 saturated heterocycles. The summed E-state index contributed by atoms with van der Waals surface area (Å²) in [7, 11) is 1.10. The maximum absolute atomic E-state index is 11.9. The fraction of sp³-hybridized carbons (Fsp3) is 0.875. The standard InChI is InChI=1S/C8H15F3N2O/c1-5(2)6(12)7(14)13(3)4-8(9,10)11/h5-6H,4,12H2,1-3H3/t6-/m0/s1. The molecule has 0 spiro atoms. The number of nitrogens with two attached hydrogens (primary N) is 1. The summed E-state index contributed by atoms with van der Waals surface area (Å²) in [6.07, 6.45) is -4.37. The first-order valence-electron chi connectivity index (χ1n) is 4.22. The molecule has 0 rings (SSSR count). The number of hydrogen-bond acceptors (Lipinski definition) is 2. The van der Waals surface area contributed by atoms with E-state index in [0.717, 1.165) is 7.05 Å². The molecule has 0 unspecified atom stereocenters. The van der Waals surface area contributed by atoms with E-state index in [-0.39, 0.29) is 5.92 Å². The number of rotatable bonds is 3. The number of alkyl halides is 3. The molecular formula is C8H15F3N2O. The molecule has 1 atom stereocenters. The minimum absolute atomic E-state index is 0.168. The Hall–Kier alpha value is -0.780. The van der Waals surface area contributed by atoms with Crippen molar-refractivity contribution in [1.82, 2.24) is 4.90 Å². The summed E-state index contributed by atoms with van der Waals surface area (Å²) in [5, 5.41) is 0. The van der Waals surface area contributed by atoms with Gasteiger partial charge in [-0.1, -0.05) is 13.8 Å². The summed E-state index contributed by atoms with van der Waals surface area (Å²) >= 11 is 0. The van der Waals surface area contributed by atoms with Gasteiger partial charge in [0.15, 0.2) is 0 Å². The number of carbonyl (C=O) groups is 1. The van der Waals surface area contributed by atoms with Gasteiger partial charge in [-0.3, -0.25) is 4.79 Å². The highest BCUT2D eigenvalue weighted by Crippen LogP contribution is 2.16. The number of halogens is 3. The lowest BCUT2D eigenvalue weighted by molar-refractivity contribution is -0.159. The predicted molar refractivity (Wildman–Crippen MR) is 46.5 cm³/mol. The summed E-state index contributed by atoms with van der Waals surface area (Å²) < 4.78 is 35.7. The number of likely N-dealkylation sites (N-methyl/N-ethyl adjacent to an activating group) is 1. The van der Waals surface area contributed by atoms with Crippen molar-refractivity contribution < 1.29 is 18.0 Å². The molecule has 3 nitrogen and oxygen atoms in total. The van der Waals surface area contributed by atoms with E-state index < -0.39 is 24.7 Å². The van der Waals surface area contributed by atoms with Crippen molar-refractivity contribution in [2.45, 2.75) is 26.1 Å². The Bertz CT molecular complexity index is 203. The molecule has 6 heteroatoms. The van der Waals surface area contributed by atoms with Crippen LogP contribution >= 0.6 is 0 Å². The van der Waals surface area contributed by atoms with Crippen LogP contribution in [-0.4, -0.2) is 36.6 Å². The van der Waals surface area contributed by atoms with Crippen LogP contribution in [0.1, 0.15) is 13.8 Å². The number of carbonyl (C=O) groups excluding carboxylic acids is 1. The van der Waals surface area contributed by atoms with Crippen molar-refractivity contribution in [3.8, 4) is 0 Å². The first-order chi connectivity index (χ1) is 6.15. The molecule has 2 N–H and O–H groups in total. The average Bonchev–Trinajstić information content (AvgIpc) is 1.98. The van der Waals surface area contributed by atoms with Crippen molar-refractivity contribution >= 4 is 5.91 Å². The summed E-state index contributed by atoms with van der Waals surface area (Å²) in [5.41, 5.74) is 5.42. The minimum Gasteiger partial charge on any atom is -0.335 e. The minimum atomic E-state index is -4.37. The van der Waals surface area contributed by atoms with Gasteiger partial charge in [0.2, 0.25) is 5.91 Å². The van der Waals surface area contributed by atoms with Gasteiger partial charge < -0.3 is 10.6 Å². The van der Waals surface area contributed by atoms with Gasteiger partial charge in [-0.15, -0.1) is 0 Å². The van der Waals surface area contributed by atoms with E-state index >= 15 is 0 Å². The van der Waals surface area contributed by atoms with Crippen LogP contribution in [0.15, 0.2) is 0 Å². The van der Waals surface area contributed by atoms with Crippen LogP contribution < -0.4 is 5.73 Å². The second-order valence-corrected chi connectivity index (χ2v) is 3.58. The van der Waals surface area contributed by atoms with Gasteiger partial charge in [0, 0.05) is 7.05 Å². The number of nitrogens with zero attached hydrogens (tertiary/aromatic N) is 1. The first kappa shape index (κ1) is 13.2. The van der Waals surface area contributed by atoms with Gasteiger partial charge >= 0.3 is 6.18 Å². The van der Waals surface area contributed by atoms with E-state index in [2.05, 4.69) is 0 Å². The molecule has 14 heavy (non-hydrogen) atoms. The van der Waals surface area contributed by atoms with Crippen LogP contribution in [-0.2, 0) is 4.79 Å². The molecule has 0 aliphatic rings. The molecule has 0 saturated carbocycles. The molecule has 0 aromatic rings. The van der Waals surface area contributed by atoms with Crippen LogP contribution in [0.25, 0.3) is 0 Å². The zero-order valence-corrected chi connectivity index (χ0v) is 8.43. The zero-order valence-electron chi connectivity index (χ0n) is 8.43. The van der Waals surface area contributed by atoms with E-state index in [9.17, 15) is 18.0 Å². The van der Waals surface area contributed by atoms with Crippen molar-refractivity contribution in [2.75, 3.05) is 13.6 Å². The normalized spacial score (nSPS) is 14.3. The predicted octanol–water partition coefficient (Wildman–Crippen LogP) is 0.990. The van der Waals surface area contributed by atoms with Crippen LogP contribution in [0.4, 0.5) is 13.2 Å². The molecule has 0 fully saturated rings. The monoisotopic (exact) mass is 212 g/mol. The molecule has 0 aliphatic heterocycles. The SMILES string of the molecule is CC(C)[C@H](N)C(=O)N(C)CC(F)(F)F. The summed E-state index contributed by atoms with van der Waals surface area (Å²) in [4.78, 5) is 11.9. The lowest BCUT2D eigenvalue weighted by Crippen LogP contribution is -2.47. The van der Waals surface area contributed by atoms with Crippen molar-refractivity contribution in [2.24, 2.45) is 11.7 Å². The molecule has 0 aliphatic carbocycles. The Morgan fingerprint density at radius 3 is 2.14 bits per heavy atom. The molecule has 0 aromatic carbocycles. The van der Waals surface area contributed by atoms with E-state index in [0.29, 0.717) is 4.90 Å². The fourth-order valence-corrected chi connectivity index (χ4v) is 0.886. The molecule has 1 amide bonds. The van der Waals surface area contributed by atoms with Crippen LogP contribution in [0.5, 0.6) is 0 Å². The largest absolute Gasteiger partial charge is 0.406 e. The maximum Gasteiger partial charge on any atom is 0.406 e. The van der Waals surface area contributed by atoms with Crippen molar-refractivity contribution in [1.29, 1.82) is 0 Å². The number of amides is 1. The Morgan fingerprint density at radius 2 is 1.86 bits per heavy atom. The summed E-state index contributed by atoms with van der Waals surface area (Å²) in [5.74, 6) is -0.851. The Balaban J connectivity index is 4.26. The lowest BCUT2D eigenvalue weighted by atomic mass is 10.0. The molecule has 0 bridgehead atoms. The van der Waals surface area contributed by atoms with E-state index in [4.69, 9.17) is 5.73 Å².